The van der Waals surface area contributed by atoms with Crippen molar-refractivity contribution in [3.8, 4) is 11.5 Å². The van der Waals surface area contributed by atoms with Gasteiger partial charge in [0.2, 0.25) is 0 Å². The summed E-state index contributed by atoms with van der Waals surface area (Å²) in [5.74, 6) is 0.810. The molecular formula is C26H24N2O4. The largest absolute Gasteiger partial charge is 0.457 e. The van der Waals surface area contributed by atoms with Gasteiger partial charge < -0.3 is 20.1 Å². The van der Waals surface area contributed by atoms with Gasteiger partial charge in [-0.25, -0.2) is 9.59 Å². The van der Waals surface area contributed by atoms with Gasteiger partial charge in [0, 0.05) is 5.70 Å². The summed E-state index contributed by atoms with van der Waals surface area (Å²) >= 11 is 0. The number of allylic oxidation sites excluding steroid dienone is 1. The van der Waals surface area contributed by atoms with E-state index >= 15 is 0 Å². The van der Waals surface area contributed by atoms with E-state index in [2.05, 4.69) is 10.6 Å². The minimum absolute atomic E-state index is 0.147. The minimum Gasteiger partial charge on any atom is -0.457 e. The molecule has 0 aliphatic carbocycles. The van der Waals surface area contributed by atoms with E-state index in [0.717, 1.165) is 16.7 Å². The zero-order chi connectivity index (χ0) is 22.5. The molecule has 0 saturated heterocycles. The highest BCUT2D eigenvalue weighted by molar-refractivity contribution is 5.95. The van der Waals surface area contributed by atoms with Crippen LogP contribution < -0.4 is 15.4 Å². The average Bonchev–Trinajstić information content (AvgIpc) is 2.79. The number of ether oxygens (including phenoxy) is 2. The summed E-state index contributed by atoms with van der Waals surface area (Å²) in [6.45, 7) is 3.84. The van der Waals surface area contributed by atoms with Gasteiger partial charge >= 0.3 is 12.0 Å². The summed E-state index contributed by atoms with van der Waals surface area (Å²) in [6.07, 6.45) is 0. The molecule has 162 valence electrons. The molecule has 3 aromatic carbocycles. The van der Waals surface area contributed by atoms with Gasteiger partial charge in [-0.05, 0) is 49.2 Å². The van der Waals surface area contributed by atoms with Crippen LogP contribution in [-0.2, 0) is 16.1 Å². The van der Waals surface area contributed by atoms with Crippen LogP contribution in [0.15, 0.2) is 90.1 Å². The molecule has 0 unspecified atom stereocenters. The molecule has 0 radical (unpaired) electrons. The maximum absolute atomic E-state index is 13.0. The molecule has 2 amide bonds. The molecule has 6 nitrogen and oxygen atoms in total. The quantitative estimate of drug-likeness (QED) is 0.532. The predicted molar refractivity (Wildman–Crippen MR) is 121 cm³/mol. The van der Waals surface area contributed by atoms with Crippen LogP contribution in [-0.4, -0.2) is 12.0 Å². The number of benzene rings is 3. The third kappa shape index (κ3) is 4.98. The number of amides is 2. The van der Waals surface area contributed by atoms with Crippen LogP contribution in [0.2, 0.25) is 0 Å². The molecule has 0 aromatic heterocycles. The standard InChI is InChI=1S/C26H24N2O4/c1-17-11-13-19(14-12-17)16-31-25(29)23-18(2)27-26(30)28-24(23)20-7-6-10-22(15-20)32-21-8-4-3-5-9-21/h3-15,24H,16H2,1-2H3,(H2,27,28,30)/t24-/m1/s1. The van der Waals surface area contributed by atoms with Crippen molar-refractivity contribution in [1.29, 1.82) is 0 Å². The Kier molecular flexibility index (Phi) is 6.22. The number of carbonyl (C=O) groups excluding carboxylic acids is 2. The van der Waals surface area contributed by atoms with Gasteiger partial charge in [-0.1, -0.05) is 60.2 Å². The Balaban J connectivity index is 1.56. The molecule has 1 aliphatic heterocycles. The second-order valence-electron chi connectivity index (χ2n) is 7.62. The first-order valence-corrected chi connectivity index (χ1v) is 10.3. The molecule has 32 heavy (non-hydrogen) atoms. The van der Waals surface area contributed by atoms with Crippen molar-refractivity contribution < 1.29 is 19.1 Å². The third-order valence-corrected chi connectivity index (χ3v) is 5.15. The maximum atomic E-state index is 13.0. The topological polar surface area (TPSA) is 76.7 Å². The molecule has 2 N–H and O–H groups in total. The van der Waals surface area contributed by atoms with E-state index in [4.69, 9.17) is 9.47 Å². The first kappa shape index (κ1) is 21.2. The van der Waals surface area contributed by atoms with E-state index in [-0.39, 0.29) is 12.6 Å². The summed E-state index contributed by atoms with van der Waals surface area (Å²) in [5, 5.41) is 5.49. The van der Waals surface area contributed by atoms with Gasteiger partial charge in [0.1, 0.15) is 18.1 Å². The summed E-state index contributed by atoms with van der Waals surface area (Å²) in [4.78, 5) is 25.2. The monoisotopic (exact) mass is 428 g/mol. The van der Waals surface area contributed by atoms with E-state index in [9.17, 15) is 9.59 Å². The lowest BCUT2D eigenvalue weighted by Gasteiger charge is -2.28. The molecule has 0 saturated carbocycles. The summed E-state index contributed by atoms with van der Waals surface area (Å²) in [5.41, 5.74) is 3.56. The van der Waals surface area contributed by atoms with E-state index < -0.39 is 12.0 Å². The fourth-order valence-electron chi connectivity index (χ4n) is 3.51. The van der Waals surface area contributed by atoms with E-state index in [0.29, 0.717) is 22.8 Å². The number of esters is 1. The zero-order valence-electron chi connectivity index (χ0n) is 17.9. The molecule has 0 spiro atoms. The fourth-order valence-corrected chi connectivity index (χ4v) is 3.51. The normalized spacial score (nSPS) is 15.6. The molecule has 3 aromatic rings. The van der Waals surface area contributed by atoms with Crippen LogP contribution in [0.1, 0.15) is 29.7 Å². The van der Waals surface area contributed by atoms with E-state index in [1.807, 2.05) is 85.8 Å². The molecule has 0 bridgehead atoms. The first-order chi connectivity index (χ1) is 15.5. The van der Waals surface area contributed by atoms with Crippen LogP contribution in [0.25, 0.3) is 0 Å². The fraction of sp³-hybridized carbons (Fsp3) is 0.154. The lowest BCUT2D eigenvalue weighted by Crippen LogP contribution is -2.45. The highest BCUT2D eigenvalue weighted by Crippen LogP contribution is 2.31. The molecule has 1 heterocycles. The minimum atomic E-state index is -0.659. The number of hydrogen-bond donors (Lipinski definition) is 2. The summed E-state index contributed by atoms with van der Waals surface area (Å²) in [7, 11) is 0. The zero-order valence-corrected chi connectivity index (χ0v) is 17.9. The Hall–Kier alpha value is -4.06. The van der Waals surface area contributed by atoms with Gasteiger partial charge in [-0.15, -0.1) is 0 Å². The second kappa shape index (κ2) is 9.39. The molecule has 1 atom stereocenters. The van der Waals surface area contributed by atoms with Gasteiger partial charge in [-0.3, -0.25) is 0 Å². The van der Waals surface area contributed by atoms with Crippen molar-refractivity contribution in [3.63, 3.8) is 0 Å². The Morgan fingerprint density at radius 2 is 1.62 bits per heavy atom. The van der Waals surface area contributed by atoms with Crippen molar-refractivity contribution >= 4 is 12.0 Å². The number of para-hydroxylation sites is 1. The van der Waals surface area contributed by atoms with Gasteiger partial charge in [-0.2, -0.15) is 0 Å². The number of carbonyl (C=O) groups is 2. The Labute approximate surface area is 186 Å². The number of aryl methyl sites for hydroxylation is 1. The van der Waals surface area contributed by atoms with Crippen molar-refractivity contribution in [2.24, 2.45) is 0 Å². The smallest absolute Gasteiger partial charge is 0.338 e. The number of rotatable bonds is 6. The third-order valence-electron chi connectivity index (χ3n) is 5.15. The molecule has 6 heteroatoms. The van der Waals surface area contributed by atoms with Crippen molar-refractivity contribution in [2.45, 2.75) is 26.5 Å². The van der Waals surface area contributed by atoms with Crippen LogP contribution in [0.4, 0.5) is 4.79 Å². The van der Waals surface area contributed by atoms with Crippen molar-refractivity contribution in [3.05, 3.63) is 107 Å². The SMILES string of the molecule is CC1=C(C(=O)OCc2ccc(C)cc2)[C@@H](c2cccc(Oc3ccccc3)c2)NC(=O)N1. The Morgan fingerprint density at radius 1 is 0.906 bits per heavy atom. The van der Waals surface area contributed by atoms with Crippen LogP contribution in [0.3, 0.4) is 0 Å². The number of urea groups is 1. The van der Waals surface area contributed by atoms with Crippen molar-refractivity contribution in [1.82, 2.24) is 10.6 Å². The maximum Gasteiger partial charge on any atom is 0.338 e. The van der Waals surface area contributed by atoms with Crippen LogP contribution in [0, 0.1) is 6.92 Å². The highest BCUT2D eigenvalue weighted by Gasteiger charge is 2.32. The van der Waals surface area contributed by atoms with Crippen LogP contribution >= 0.6 is 0 Å². The molecule has 0 fully saturated rings. The van der Waals surface area contributed by atoms with Gasteiger partial charge in [0.05, 0.1) is 11.6 Å². The molecule has 4 rings (SSSR count). The van der Waals surface area contributed by atoms with E-state index in [1.165, 1.54) is 0 Å². The molecular weight excluding hydrogens is 404 g/mol. The Bertz CT molecular complexity index is 1150. The second-order valence-corrected chi connectivity index (χ2v) is 7.62. The number of hydrogen-bond acceptors (Lipinski definition) is 4. The lowest BCUT2D eigenvalue weighted by atomic mass is 9.95. The van der Waals surface area contributed by atoms with Gasteiger partial charge in [0.15, 0.2) is 0 Å². The van der Waals surface area contributed by atoms with Crippen LogP contribution in [0.5, 0.6) is 11.5 Å². The highest BCUT2D eigenvalue weighted by atomic mass is 16.5. The van der Waals surface area contributed by atoms with Crippen molar-refractivity contribution in [2.75, 3.05) is 0 Å². The van der Waals surface area contributed by atoms with E-state index in [1.54, 1.807) is 6.92 Å². The van der Waals surface area contributed by atoms with Gasteiger partial charge in [0.25, 0.3) is 0 Å². The summed E-state index contributed by atoms with van der Waals surface area (Å²) < 4.78 is 11.5. The first-order valence-electron chi connectivity index (χ1n) is 10.3. The molecule has 1 aliphatic rings. The Morgan fingerprint density at radius 3 is 2.38 bits per heavy atom. The summed E-state index contributed by atoms with van der Waals surface area (Å²) in [6, 6.07) is 23.5. The lowest BCUT2D eigenvalue weighted by molar-refractivity contribution is -0.140. The average molecular weight is 428 g/mol. The predicted octanol–water partition coefficient (Wildman–Crippen LogP) is 5.16. The number of nitrogens with one attached hydrogen (secondary N) is 2.